The molecule has 0 aliphatic carbocycles. The summed E-state index contributed by atoms with van der Waals surface area (Å²) in [5, 5.41) is 7.03. The quantitative estimate of drug-likeness (QED) is 0.599. The van der Waals surface area contributed by atoms with Gasteiger partial charge in [0.15, 0.2) is 17.8 Å². The van der Waals surface area contributed by atoms with Gasteiger partial charge in [-0.25, -0.2) is 4.98 Å². The van der Waals surface area contributed by atoms with Crippen molar-refractivity contribution in [2.24, 2.45) is 7.05 Å². The average Bonchev–Trinajstić information content (AvgIpc) is 3.27. The van der Waals surface area contributed by atoms with Crippen LogP contribution in [0.25, 0.3) is 11.3 Å². The van der Waals surface area contributed by atoms with Crippen molar-refractivity contribution >= 4 is 17.6 Å². The van der Waals surface area contributed by atoms with E-state index >= 15 is 0 Å². The summed E-state index contributed by atoms with van der Waals surface area (Å²) < 4.78 is 12.6. The number of carbonyl (C=O) groups excluding carboxylic acids is 2. The molecule has 1 aromatic carbocycles. The van der Waals surface area contributed by atoms with E-state index in [0.29, 0.717) is 29.5 Å². The van der Waals surface area contributed by atoms with Crippen LogP contribution in [0.3, 0.4) is 0 Å². The van der Waals surface area contributed by atoms with Gasteiger partial charge in [0.2, 0.25) is 0 Å². The van der Waals surface area contributed by atoms with Crippen molar-refractivity contribution < 1.29 is 18.7 Å². The molecule has 0 aliphatic rings. The van der Waals surface area contributed by atoms with Gasteiger partial charge in [0, 0.05) is 19.0 Å². The minimum Gasteiger partial charge on any atom is -0.453 e. The number of nitrogens with one attached hydrogen (secondary N) is 1. The molecule has 158 valence electrons. The van der Waals surface area contributed by atoms with Crippen LogP contribution >= 0.6 is 0 Å². The molecule has 1 atom stereocenters. The number of oxazole rings is 1. The second-order valence-corrected chi connectivity index (χ2v) is 7.28. The Labute approximate surface area is 175 Å². The average molecular weight is 410 g/mol. The van der Waals surface area contributed by atoms with Crippen LogP contribution in [0.5, 0.6) is 0 Å². The first-order valence-corrected chi connectivity index (χ1v) is 9.77. The highest BCUT2D eigenvalue weighted by molar-refractivity contribution is 5.96. The number of amides is 1. The smallest absolute Gasteiger partial charge is 0.307 e. The highest BCUT2D eigenvalue weighted by Crippen LogP contribution is 2.22. The van der Waals surface area contributed by atoms with Crippen molar-refractivity contribution in [1.29, 1.82) is 0 Å². The SMILES string of the molecule is Cc1ccc(-c2cnc(CCC(=O)OC(C)C(=O)Nc3c(C)nn(C)c3C)o2)cc1. The number of nitrogens with zero attached hydrogens (tertiary/aromatic N) is 3. The van der Waals surface area contributed by atoms with E-state index in [-0.39, 0.29) is 6.42 Å². The molecular formula is C22H26N4O4. The summed E-state index contributed by atoms with van der Waals surface area (Å²) in [6, 6.07) is 7.91. The van der Waals surface area contributed by atoms with E-state index in [1.165, 1.54) is 6.92 Å². The molecule has 1 amide bonds. The standard InChI is InChI=1S/C22H26N4O4/c1-13-6-8-17(9-7-13)18-12-23-19(30-18)10-11-20(27)29-16(4)22(28)24-21-14(2)25-26(5)15(21)3/h6-9,12,16H,10-11H2,1-5H3,(H,24,28). The Morgan fingerprint density at radius 1 is 1.20 bits per heavy atom. The second kappa shape index (κ2) is 8.94. The topological polar surface area (TPSA) is 99.2 Å². The first kappa shape index (κ1) is 21.3. The van der Waals surface area contributed by atoms with E-state index in [1.807, 2.05) is 38.1 Å². The highest BCUT2D eigenvalue weighted by Gasteiger charge is 2.21. The van der Waals surface area contributed by atoms with E-state index in [2.05, 4.69) is 15.4 Å². The number of aromatic nitrogens is 3. The molecule has 2 aromatic heterocycles. The minimum atomic E-state index is -0.927. The van der Waals surface area contributed by atoms with Gasteiger partial charge in [0.1, 0.15) is 0 Å². The zero-order valence-corrected chi connectivity index (χ0v) is 17.9. The number of ether oxygens (including phenoxy) is 1. The first-order valence-electron chi connectivity index (χ1n) is 9.77. The van der Waals surface area contributed by atoms with Crippen molar-refractivity contribution in [2.75, 3.05) is 5.32 Å². The van der Waals surface area contributed by atoms with Crippen LogP contribution in [0, 0.1) is 20.8 Å². The van der Waals surface area contributed by atoms with Gasteiger partial charge >= 0.3 is 5.97 Å². The molecule has 0 fully saturated rings. The molecule has 3 rings (SSSR count). The van der Waals surface area contributed by atoms with Gasteiger partial charge in [-0.05, 0) is 27.7 Å². The van der Waals surface area contributed by atoms with Crippen molar-refractivity contribution in [3.63, 3.8) is 0 Å². The summed E-state index contributed by atoms with van der Waals surface area (Å²) in [4.78, 5) is 28.7. The molecule has 1 N–H and O–H groups in total. The number of esters is 1. The van der Waals surface area contributed by atoms with Crippen molar-refractivity contribution in [3.8, 4) is 11.3 Å². The lowest BCUT2D eigenvalue weighted by molar-refractivity contribution is -0.153. The van der Waals surface area contributed by atoms with Gasteiger partial charge in [-0.2, -0.15) is 5.10 Å². The zero-order valence-electron chi connectivity index (χ0n) is 17.9. The maximum Gasteiger partial charge on any atom is 0.307 e. The summed E-state index contributed by atoms with van der Waals surface area (Å²) in [5.41, 5.74) is 4.25. The van der Waals surface area contributed by atoms with Gasteiger partial charge < -0.3 is 14.5 Å². The van der Waals surface area contributed by atoms with Gasteiger partial charge in [0.25, 0.3) is 5.91 Å². The van der Waals surface area contributed by atoms with Gasteiger partial charge in [-0.15, -0.1) is 0 Å². The van der Waals surface area contributed by atoms with E-state index < -0.39 is 18.0 Å². The Balaban J connectivity index is 1.50. The highest BCUT2D eigenvalue weighted by atomic mass is 16.5. The van der Waals surface area contributed by atoms with Gasteiger partial charge in [-0.1, -0.05) is 29.8 Å². The number of benzene rings is 1. The summed E-state index contributed by atoms with van der Waals surface area (Å²) in [6.45, 7) is 7.21. The Morgan fingerprint density at radius 3 is 2.53 bits per heavy atom. The predicted octanol–water partition coefficient (Wildman–Crippen LogP) is 3.50. The van der Waals surface area contributed by atoms with Crippen LogP contribution < -0.4 is 5.32 Å². The van der Waals surface area contributed by atoms with E-state index in [0.717, 1.165) is 16.8 Å². The Hall–Kier alpha value is -3.42. The third-order valence-electron chi connectivity index (χ3n) is 4.87. The number of carbonyl (C=O) groups is 2. The summed E-state index contributed by atoms with van der Waals surface area (Å²) >= 11 is 0. The maximum absolute atomic E-state index is 12.4. The normalized spacial score (nSPS) is 11.9. The molecule has 0 spiro atoms. The van der Waals surface area contributed by atoms with Crippen LogP contribution in [0.2, 0.25) is 0 Å². The fourth-order valence-electron chi connectivity index (χ4n) is 2.98. The Bertz CT molecular complexity index is 1050. The molecule has 2 heterocycles. The zero-order chi connectivity index (χ0) is 21.8. The van der Waals surface area contributed by atoms with Crippen LogP contribution in [0.1, 0.15) is 36.2 Å². The second-order valence-electron chi connectivity index (χ2n) is 7.28. The molecule has 30 heavy (non-hydrogen) atoms. The molecule has 8 nitrogen and oxygen atoms in total. The lowest BCUT2D eigenvalue weighted by Gasteiger charge is -2.13. The molecule has 0 aliphatic heterocycles. The maximum atomic E-state index is 12.4. The fourth-order valence-corrected chi connectivity index (χ4v) is 2.98. The molecule has 0 radical (unpaired) electrons. The molecular weight excluding hydrogens is 384 g/mol. The van der Waals surface area contributed by atoms with Gasteiger partial charge in [-0.3, -0.25) is 14.3 Å². The van der Waals surface area contributed by atoms with Crippen LogP contribution in [-0.2, 0) is 27.8 Å². The third kappa shape index (κ3) is 4.94. The van der Waals surface area contributed by atoms with Crippen LogP contribution in [-0.4, -0.2) is 32.7 Å². The molecule has 8 heteroatoms. The fraction of sp³-hybridized carbons (Fsp3) is 0.364. The lowest BCUT2D eigenvalue weighted by atomic mass is 10.1. The summed E-state index contributed by atoms with van der Waals surface area (Å²) in [7, 11) is 1.80. The van der Waals surface area contributed by atoms with Crippen LogP contribution in [0.15, 0.2) is 34.9 Å². The van der Waals surface area contributed by atoms with E-state index in [1.54, 1.807) is 24.9 Å². The summed E-state index contributed by atoms with van der Waals surface area (Å²) in [5.74, 6) is 0.197. The first-order chi connectivity index (χ1) is 14.2. The molecule has 1 unspecified atom stereocenters. The van der Waals surface area contributed by atoms with Gasteiger partial charge in [0.05, 0.1) is 29.7 Å². The van der Waals surface area contributed by atoms with Crippen LogP contribution in [0.4, 0.5) is 5.69 Å². The van der Waals surface area contributed by atoms with E-state index in [4.69, 9.17) is 9.15 Å². The number of anilines is 1. The number of rotatable bonds is 7. The number of hydrogen-bond donors (Lipinski definition) is 1. The number of hydrogen-bond acceptors (Lipinski definition) is 6. The summed E-state index contributed by atoms with van der Waals surface area (Å²) in [6.07, 6.45) is 1.07. The number of aryl methyl sites for hydroxylation is 4. The monoisotopic (exact) mass is 410 g/mol. The Kier molecular flexibility index (Phi) is 6.34. The molecule has 3 aromatic rings. The van der Waals surface area contributed by atoms with E-state index in [9.17, 15) is 9.59 Å². The third-order valence-corrected chi connectivity index (χ3v) is 4.87. The molecule has 0 saturated carbocycles. The Morgan fingerprint density at radius 2 is 1.90 bits per heavy atom. The van der Waals surface area contributed by atoms with Crippen molar-refractivity contribution in [2.45, 2.75) is 46.6 Å². The largest absolute Gasteiger partial charge is 0.453 e. The molecule has 0 saturated heterocycles. The van der Waals surface area contributed by atoms with Crippen molar-refractivity contribution in [3.05, 3.63) is 53.3 Å². The molecule has 0 bridgehead atoms. The minimum absolute atomic E-state index is 0.0659. The predicted molar refractivity (Wildman–Crippen MR) is 112 cm³/mol. The lowest BCUT2D eigenvalue weighted by Crippen LogP contribution is -2.30. The van der Waals surface area contributed by atoms with Crippen molar-refractivity contribution in [1.82, 2.24) is 14.8 Å².